The van der Waals surface area contributed by atoms with Gasteiger partial charge in [-0.2, -0.15) is 0 Å². The lowest BCUT2D eigenvalue weighted by Gasteiger charge is -2.37. The third-order valence-corrected chi connectivity index (χ3v) is 7.82. The number of aromatic nitrogens is 2. The van der Waals surface area contributed by atoms with Crippen LogP contribution in [0.5, 0.6) is 0 Å². The number of amides is 3. The van der Waals surface area contributed by atoms with Crippen molar-refractivity contribution in [2.45, 2.75) is 38.1 Å². The summed E-state index contributed by atoms with van der Waals surface area (Å²) < 4.78 is 7.50. The molecule has 1 aliphatic rings. The molecule has 1 unspecified atom stereocenters. The Morgan fingerprint density at radius 1 is 0.891 bits per heavy atom. The molecule has 0 aliphatic carbocycles. The largest absolute Gasteiger partial charge is 0.374 e. The van der Waals surface area contributed by atoms with E-state index in [4.69, 9.17) is 10.5 Å². The number of ether oxygens (including phenoxy) is 1. The maximum absolute atomic E-state index is 14.0. The van der Waals surface area contributed by atoms with E-state index in [1.165, 1.54) is 6.33 Å². The zero-order valence-corrected chi connectivity index (χ0v) is 26.2. The van der Waals surface area contributed by atoms with E-state index in [0.29, 0.717) is 13.1 Å². The van der Waals surface area contributed by atoms with Gasteiger partial charge in [-0.3, -0.25) is 14.4 Å². The average Bonchev–Trinajstić information content (AvgIpc) is 3.52. The van der Waals surface area contributed by atoms with Gasteiger partial charge >= 0.3 is 0 Å². The number of rotatable bonds is 12. The minimum absolute atomic E-state index is 0.0567. The summed E-state index contributed by atoms with van der Waals surface area (Å²) in [5.41, 5.74) is 7.66. The summed E-state index contributed by atoms with van der Waals surface area (Å²) in [4.78, 5) is 48.7. The highest BCUT2D eigenvalue weighted by Gasteiger charge is 2.32. The molecule has 2 heterocycles. The van der Waals surface area contributed by atoms with E-state index in [9.17, 15) is 14.4 Å². The summed E-state index contributed by atoms with van der Waals surface area (Å²) in [7, 11) is 0. The van der Waals surface area contributed by atoms with Crippen LogP contribution >= 0.6 is 0 Å². The minimum atomic E-state index is -1.20. The maximum atomic E-state index is 14.0. The Bertz CT molecular complexity index is 1580. The van der Waals surface area contributed by atoms with E-state index < -0.39 is 29.4 Å². The summed E-state index contributed by atoms with van der Waals surface area (Å²) >= 11 is 0. The number of hydrogen-bond acceptors (Lipinski definition) is 7. The molecule has 4 N–H and O–H groups in total. The molecule has 5 rings (SSSR count). The van der Waals surface area contributed by atoms with Gasteiger partial charge in [0, 0.05) is 38.1 Å². The third kappa shape index (κ3) is 8.38. The van der Waals surface area contributed by atoms with Crippen LogP contribution < -0.4 is 21.3 Å². The summed E-state index contributed by atoms with van der Waals surface area (Å²) in [5, 5.41) is 5.47. The van der Waals surface area contributed by atoms with E-state index >= 15 is 0 Å². The van der Waals surface area contributed by atoms with Gasteiger partial charge in [0.05, 0.1) is 25.1 Å². The zero-order chi connectivity index (χ0) is 32.5. The lowest BCUT2D eigenvalue weighted by atomic mass is 10.0. The van der Waals surface area contributed by atoms with E-state index in [0.717, 1.165) is 29.9 Å². The van der Waals surface area contributed by atoms with Gasteiger partial charge in [-0.25, -0.2) is 4.98 Å². The fourth-order valence-electron chi connectivity index (χ4n) is 5.23. The molecule has 1 aliphatic heterocycles. The predicted molar refractivity (Wildman–Crippen MR) is 177 cm³/mol. The maximum Gasteiger partial charge on any atom is 0.250 e. The van der Waals surface area contributed by atoms with Crippen molar-refractivity contribution in [1.82, 2.24) is 19.8 Å². The number of carbonyl (C=O) groups excluding carboxylic acids is 3. The van der Waals surface area contributed by atoms with Gasteiger partial charge < -0.3 is 35.5 Å². The number of benzene rings is 3. The first-order chi connectivity index (χ1) is 22.2. The Hall–Kier alpha value is -5.00. The predicted octanol–water partition coefficient (Wildman–Crippen LogP) is 3.20. The van der Waals surface area contributed by atoms with Crippen molar-refractivity contribution in [3.05, 3.63) is 115 Å². The van der Waals surface area contributed by atoms with E-state index in [1.807, 2.05) is 83.8 Å². The van der Waals surface area contributed by atoms with Crippen molar-refractivity contribution in [2.24, 2.45) is 5.73 Å². The smallest absolute Gasteiger partial charge is 0.250 e. The van der Waals surface area contributed by atoms with Crippen molar-refractivity contribution in [1.29, 1.82) is 0 Å². The molecular weight excluding hydrogens is 582 g/mol. The van der Waals surface area contributed by atoms with Crippen LogP contribution in [0.2, 0.25) is 0 Å². The number of nitrogens with one attached hydrogen (secondary N) is 2. The molecule has 11 nitrogen and oxygen atoms in total. The van der Waals surface area contributed by atoms with Crippen molar-refractivity contribution in [2.75, 3.05) is 43.0 Å². The van der Waals surface area contributed by atoms with Crippen LogP contribution in [0.25, 0.3) is 0 Å². The number of imidazole rings is 1. The highest BCUT2D eigenvalue weighted by molar-refractivity contribution is 5.98. The molecule has 3 amide bonds. The second-order valence-electron chi connectivity index (χ2n) is 11.9. The van der Waals surface area contributed by atoms with Crippen LogP contribution in [0.3, 0.4) is 0 Å². The molecule has 0 radical (unpaired) electrons. The molecule has 3 aromatic carbocycles. The van der Waals surface area contributed by atoms with Gasteiger partial charge in [-0.15, -0.1) is 0 Å². The molecule has 11 heteroatoms. The van der Waals surface area contributed by atoms with E-state index in [2.05, 4.69) is 32.7 Å². The second-order valence-corrected chi connectivity index (χ2v) is 11.9. The normalized spacial score (nSPS) is 14.8. The molecule has 1 fully saturated rings. The van der Waals surface area contributed by atoms with Gasteiger partial charge in [0.2, 0.25) is 11.8 Å². The number of carbonyl (C=O) groups is 3. The number of anilines is 2. The Morgan fingerprint density at radius 2 is 1.50 bits per heavy atom. The molecule has 0 spiro atoms. The standard InChI is InChI=1S/C35H41N7O4/c1-35(2,36)34(45)38-29(24-46-23-26-12-6-3-7-13-26)32(43)39-30-22-42(25-37-30)31(27-14-8-4-9-15-27)33(44)41-20-18-40(19-21-41)28-16-10-5-11-17-28/h3-17,22,25,29,31H,18-21,23-24,36H2,1-2H3,(H,38,45)(H,39,43)/t29-,31?/m1/s1. The van der Waals surface area contributed by atoms with Crippen molar-refractivity contribution in [3.63, 3.8) is 0 Å². The van der Waals surface area contributed by atoms with Gasteiger partial charge in [-0.1, -0.05) is 78.9 Å². The Morgan fingerprint density at radius 3 is 2.13 bits per heavy atom. The van der Waals surface area contributed by atoms with Gasteiger partial charge in [-0.05, 0) is 37.1 Å². The van der Waals surface area contributed by atoms with Crippen LogP contribution in [-0.4, -0.2) is 76.5 Å². The number of hydrogen-bond donors (Lipinski definition) is 3. The summed E-state index contributed by atoms with van der Waals surface area (Å²) in [5.74, 6) is -0.833. The highest BCUT2D eigenvalue weighted by atomic mass is 16.5. The fraction of sp³-hybridized carbons (Fsp3) is 0.314. The van der Waals surface area contributed by atoms with E-state index in [1.54, 1.807) is 24.6 Å². The minimum Gasteiger partial charge on any atom is -0.374 e. The monoisotopic (exact) mass is 623 g/mol. The molecule has 46 heavy (non-hydrogen) atoms. The first-order valence-electron chi connectivity index (χ1n) is 15.4. The van der Waals surface area contributed by atoms with Crippen LogP contribution in [0.4, 0.5) is 11.5 Å². The number of piperazine rings is 1. The van der Waals surface area contributed by atoms with Crippen LogP contribution in [0, 0.1) is 0 Å². The van der Waals surface area contributed by atoms with Crippen molar-refractivity contribution < 1.29 is 19.1 Å². The molecule has 0 saturated carbocycles. The second kappa shape index (κ2) is 14.9. The highest BCUT2D eigenvalue weighted by Crippen LogP contribution is 2.24. The quantitative estimate of drug-likeness (QED) is 0.221. The van der Waals surface area contributed by atoms with Crippen LogP contribution in [0.15, 0.2) is 104 Å². The topological polar surface area (TPSA) is 135 Å². The van der Waals surface area contributed by atoms with Gasteiger partial charge in [0.1, 0.15) is 12.1 Å². The van der Waals surface area contributed by atoms with Crippen LogP contribution in [-0.2, 0) is 25.7 Å². The number of nitrogens with two attached hydrogens (primary N) is 1. The lowest BCUT2D eigenvalue weighted by Crippen LogP contribution is -2.56. The first-order valence-corrected chi connectivity index (χ1v) is 15.4. The average molecular weight is 624 g/mol. The Labute approximate surface area is 269 Å². The first kappa shape index (κ1) is 32.4. The molecular formula is C35H41N7O4. The Kier molecular flexibility index (Phi) is 10.5. The number of nitrogens with zero attached hydrogens (tertiary/aromatic N) is 4. The molecule has 1 aromatic heterocycles. The van der Waals surface area contributed by atoms with Crippen molar-refractivity contribution in [3.8, 4) is 0 Å². The molecule has 4 aromatic rings. The SMILES string of the molecule is CC(C)(N)C(=O)N[C@H](COCc1ccccc1)C(=O)Nc1cn(C(C(=O)N2CCN(c3ccccc3)CC2)c2ccccc2)cn1. The third-order valence-electron chi connectivity index (χ3n) is 7.82. The summed E-state index contributed by atoms with van der Waals surface area (Å²) in [6.45, 7) is 5.92. The fourth-order valence-corrected chi connectivity index (χ4v) is 5.23. The van der Waals surface area contributed by atoms with Crippen molar-refractivity contribution >= 4 is 29.2 Å². The molecule has 2 atom stereocenters. The van der Waals surface area contributed by atoms with E-state index in [-0.39, 0.29) is 24.9 Å². The van der Waals surface area contributed by atoms with Gasteiger partial charge in [0.15, 0.2) is 5.82 Å². The summed E-state index contributed by atoms with van der Waals surface area (Å²) in [6.07, 6.45) is 3.16. The van der Waals surface area contributed by atoms with Gasteiger partial charge in [0.25, 0.3) is 5.91 Å². The zero-order valence-electron chi connectivity index (χ0n) is 26.2. The lowest BCUT2D eigenvalue weighted by molar-refractivity contribution is -0.133. The summed E-state index contributed by atoms with van der Waals surface area (Å²) in [6, 6.07) is 27.5. The number of para-hydroxylation sites is 1. The van der Waals surface area contributed by atoms with Crippen LogP contribution in [0.1, 0.15) is 31.0 Å². The Balaban J connectivity index is 1.29. The molecule has 1 saturated heterocycles. The molecule has 240 valence electrons. The molecule has 0 bridgehead atoms.